The number of anilines is 1. The van der Waals surface area contributed by atoms with Crippen molar-refractivity contribution in [3.63, 3.8) is 0 Å². The monoisotopic (exact) mass is 298 g/mol. The largest absolute Gasteiger partial charge is 0.383 e. The number of methoxy groups -OCH3 is 1. The van der Waals surface area contributed by atoms with Crippen molar-refractivity contribution in [1.29, 1.82) is 0 Å². The fourth-order valence-corrected chi connectivity index (χ4v) is 1.63. The van der Waals surface area contributed by atoms with Crippen LogP contribution < -0.4 is 10.6 Å². The first-order valence-electron chi connectivity index (χ1n) is 6.22. The smallest absolute Gasteiger partial charge is 0.239 e. The molecule has 0 radical (unpaired) electrons. The van der Waals surface area contributed by atoms with E-state index in [1.807, 2.05) is 0 Å². The Hall–Kier alpha value is -1.59. The quantitative estimate of drug-likeness (QED) is 0.624. The van der Waals surface area contributed by atoms with E-state index in [9.17, 15) is 9.59 Å². The Morgan fingerprint density at radius 1 is 1.30 bits per heavy atom. The van der Waals surface area contributed by atoms with Crippen LogP contribution in [0.2, 0.25) is 5.02 Å². The van der Waals surface area contributed by atoms with Crippen LogP contribution in [0.3, 0.4) is 0 Å². The number of amides is 2. The number of hydrogen-bond acceptors (Lipinski definition) is 3. The number of hydrogen-bond donors (Lipinski definition) is 2. The lowest BCUT2D eigenvalue weighted by molar-refractivity contribution is -0.138. The van der Waals surface area contributed by atoms with Gasteiger partial charge in [0.1, 0.15) is 5.41 Å². The van der Waals surface area contributed by atoms with Crippen molar-refractivity contribution in [2.75, 3.05) is 25.6 Å². The van der Waals surface area contributed by atoms with Crippen molar-refractivity contribution < 1.29 is 14.3 Å². The Morgan fingerprint density at radius 2 is 2.00 bits per heavy atom. The Bertz CT molecular complexity index is 489. The first kappa shape index (κ1) is 16.5. The summed E-state index contributed by atoms with van der Waals surface area (Å²) in [5.74, 6) is -0.747. The molecule has 0 aliphatic rings. The highest BCUT2D eigenvalue weighted by Gasteiger charge is 2.35. The first-order chi connectivity index (χ1) is 9.37. The van der Waals surface area contributed by atoms with E-state index < -0.39 is 11.3 Å². The molecule has 5 nitrogen and oxygen atoms in total. The van der Waals surface area contributed by atoms with Crippen LogP contribution in [-0.2, 0) is 14.3 Å². The van der Waals surface area contributed by atoms with Crippen molar-refractivity contribution in [3.05, 3.63) is 29.3 Å². The van der Waals surface area contributed by atoms with E-state index in [-0.39, 0.29) is 5.91 Å². The van der Waals surface area contributed by atoms with Crippen LogP contribution in [0.25, 0.3) is 0 Å². The highest BCUT2D eigenvalue weighted by molar-refractivity contribution is 6.31. The summed E-state index contributed by atoms with van der Waals surface area (Å²) >= 11 is 5.85. The van der Waals surface area contributed by atoms with Gasteiger partial charge >= 0.3 is 0 Å². The van der Waals surface area contributed by atoms with Gasteiger partial charge in [0.15, 0.2) is 0 Å². The molecule has 1 rings (SSSR count). The minimum absolute atomic E-state index is 0.353. The maximum atomic E-state index is 12.2. The zero-order valence-corrected chi connectivity index (χ0v) is 12.6. The van der Waals surface area contributed by atoms with Gasteiger partial charge in [-0.3, -0.25) is 9.59 Å². The lowest BCUT2D eigenvalue weighted by Crippen LogP contribution is -2.45. The summed E-state index contributed by atoms with van der Waals surface area (Å²) in [5, 5.41) is 5.85. The number of rotatable bonds is 6. The minimum atomic E-state index is -1.18. The molecule has 6 heteroatoms. The third-order valence-electron chi connectivity index (χ3n) is 2.81. The predicted molar refractivity (Wildman–Crippen MR) is 78.7 cm³/mol. The molecule has 0 aromatic heterocycles. The molecule has 0 spiro atoms. The van der Waals surface area contributed by atoms with Crippen LogP contribution in [0.1, 0.15) is 13.8 Å². The second-order valence-corrected chi connectivity index (χ2v) is 5.27. The number of halogens is 1. The Morgan fingerprint density at radius 3 is 2.60 bits per heavy atom. The van der Waals surface area contributed by atoms with E-state index in [1.165, 1.54) is 0 Å². The normalized spacial score (nSPS) is 11.0. The van der Waals surface area contributed by atoms with E-state index in [0.29, 0.717) is 23.9 Å². The summed E-state index contributed by atoms with van der Waals surface area (Å²) in [6.45, 7) is 3.89. The van der Waals surface area contributed by atoms with Crippen LogP contribution in [0.15, 0.2) is 24.3 Å². The number of benzene rings is 1. The number of ether oxygens (including phenoxy) is 1. The van der Waals surface area contributed by atoms with Gasteiger partial charge in [-0.05, 0) is 32.0 Å². The van der Waals surface area contributed by atoms with Crippen molar-refractivity contribution in [1.82, 2.24) is 5.32 Å². The molecule has 0 saturated heterocycles. The van der Waals surface area contributed by atoms with Crippen molar-refractivity contribution in [2.45, 2.75) is 13.8 Å². The van der Waals surface area contributed by atoms with E-state index >= 15 is 0 Å². The van der Waals surface area contributed by atoms with Crippen molar-refractivity contribution in [2.24, 2.45) is 5.41 Å². The average Bonchev–Trinajstić information content (AvgIpc) is 2.38. The zero-order valence-electron chi connectivity index (χ0n) is 11.8. The van der Waals surface area contributed by atoms with Gasteiger partial charge in [0.2, 0.25) is 11.8 Å². The number of carbonyl (C=O) groups excluding carboxylic acids is 2. The molecule has 0 atom stereocenters. The maximum absolute atomic E-state index is 12.2. The van der Waals surface area contributed by atoms with Gasteiger partial charge in [-0.1, -0.05) is 17.7 Å². The summed E-state index contributed by atoms with van der Waals surface area (Å²) in [6.07, 6.45) is 0. The van der Waals surface area contributed by atoms with E-state index in [4.69, 9.17) is 16.3 Å². The van der Waals surface area contributed by atoms with Crippen LogP contribution in [0, 0.1) is 5.41 Å². The Labute approximate surface area is 123 Å². The number of carbonyl (C=O) groups is 2. The molecular weight excluding hydrogens is 280 g/mol. The molecule has 2 N–H and O–H groups in total. The van der Waals surface area contributed by atoms with Gasteiger partial charge in [0.05, 0.1) is 6.61 Å². The summed E-state index contributed by atoms with van der Waals surface area (Å²) in [4.78, 5) is 24.2. The molecule has 0 heterocycles. The summed E-state index contributed by atoms with van der Waals surface area (Å²) < 4.78 is 4.84. The van der Waals surface area contributed by atoms with Gasteiger partial charge in [0, 0.05) is 24.4 Å². The molecule has 0 aliphatic heterocycles. The van der Waals surface area contributed by atoms with Crippen molar-refractivity contribution in [3.8, 4) is 0 Å². The lowest BCUT2D eigenvalue weighted by Gasteiger charge is -2.22. The summed E-state index contributed by atoms with van der Waals surface area (Å²) in [7, 11) is 1.54. The Kier molecular flexibility index (Phi) is 5.98. The third-order valence-corrected chi connectivity index (χ3v) is 3.04. The van der Waals surface area contributed by atoms with Gasteiger partial charge in [-0.2, -0.15) is 0 Å². The molecule has 0 fully saturated rings. The minimum Gasteiger partial charge on any atom is -0.383 e. The molecule has 20 heavy (non-hydrogen) atoms. The molecule has 0 aliphatic carbocycles. The predicted octanol–water partition coefficient (Wildman–Crippen LogP) is 2.07. The molecule has 1 aromatic carbocycles. The number of nitrogens with one attached hydrogen (secondary N) is 2. The molecule has 0 bridgehead atoms. The van der Waals surface area contributed by atoms with Crippen LogP contribution in [-0.4, -0.2) is 32.1 Å². The average molecular weight is 299 g/mol. The van der Waals surface area contributed by atoms with E-state index in [1.54, 1.807) is 45.2 Å². The second-order valence-electron chi connectivity index (χ2n) is 4.84. The third kappa shape index (κ3) is 4.51. The van der Waals surface area contributed by atoms with Gasteiger partial charge < -0.3 is 15.4 Å². The summed E-state index contributed by atoms with van der Waals surface area (Å²) in [6, 6.07) is 6.77. The highest BCUT2D eigenvalue weighted by atomic mass is 35.5. The van der Waals surface area contributed by atoms with Crippen LogP contribution in [0.5, 0.6) is 0 Å². The Balaban J connectivity index is 2.66. The lowest BCUT2D eigenvalue weighted by atomic mass is 9.91. The molecule has 110 valence electrons. The second kappa shape index (κ2) is 7.26. The fourth-order valence-electron chi connectivity index (χ4n) is 1.44. The van der Waals surface area contributed by atoms with E-state index in [2.05, 4.69) is 10.6 Å². The van der Waals surface area contributed by atoms with Gasteiger partial charge in [-0.25, -0.2) is 0 Å². The molecule has 0 unspecified atom stereocenters. The first-order valence-corrected chi connectivity index (χ1v) is 6.60. The van der Waals surface area contributed by atoms with Crippen LogP contribution >= 0.6 is 11.6 Å². The van der Waals surface area contributed by atoms with E-state index in [0.717, 1.165) is 0 Å². The summed E-state index contributed by atoms with van der Waals surface area (Å²) in [5.41, 5.74) is -0.629. The SMILES string of the molecule is COCCNC(=O)C(C)(C)C(=O)Nc1cccc(Cl)c1. The molecule has 1 aromatic rings. The fraction of sp³-hybridized carbons (Fsp3) is 0.429. The van der Waals surface area contributed by atoms with Crippen LogP contribution in [0.4, 0.5) is 5.69 Å². The zero-order chi connectivity index (χ0) is 15.2. The standard InChI is InChI=1S/C14H19ClN2O3/c1-14(2,12(18)16-7-8-20-3)13(19)17-11-6-4-5-10(15)9-11/h4-6,9H,7-8H2,1-3H3,(H,16,18)(H,17,19). The molecule has 2 amide bonds. The maximum Gasteiger partial charge on any atom is 0.239 e. The molecular formula is C14H19ClN2O3. The van der Waals surface area contributed by atoms with Gasteiger partial charge in [0.25, 0.3) is 0 Å². The van der Waals surface area contributed by atoms with Crippen molar-refractivity contribution >= 4 is 29.1 Å². The highest BCUT2D eigenvalue weighted by Crippen LogP contribution is 2.21. The molecule has 0 saturated carbocycles. The topological polar surface area (TPSA) is 67.4 Å². The van der Waals surface area contributed by atoms with Gasteiger partial charge in [-0.15, -0.1) is 0 Å².